The molecule has 5 rings (SSSR count). The van der Waals surface area contributed by atoms with E-state index in [9.17, 15) is 4.79 Å². The zero-order valence-corrected chi connectivity index (χ0v) is 19.7. The van der Waals surface area contributed by atoms with Crippen LogP contribution in [0.15, 0.2) is 84.4 Å². The zero-order valence-electron chi connectivity index (χ0n) is 19.7. The third-order valence-electron chi connectivity index (χ3n) is 6.86. The van der Waals surface area contributed by atoms with E-state index in [1.54, 1.807) is 7.11 Å². The van der Waals surface area contributed by atoms with Crippen molar-refractivity contribution in [2.24, 2.45) is 5.92 Å². The summed E-state index contributed by atoms with van der Waals surface area (Å²) in [5.74, 6) is 1.89. The molecule has 3 aromatic carbocycles. The molecule has 174 valence electrons. The summed E-state index contributed by atoms with van der Waals surface area (Å²) >= 11 is 0. The molecule has 1 saturated heterocycles. The first-order valence-electron chi connectivity index (χ1n) is 12.1. The molecule has 1 fully saturated rings. The molecular formula is C30H31NO3. The van der Waals surface area contributed by atoms with Crippen LogP contribution in [0.4, 0.5) is 0 Å². The summed E-state index contributed by atoms with van der Waals surface area (Å²) in [5.41, 5.74) is 5.13. The number of benzene rings is 3. The van der Waals surface area contributed by atoms with Crippen molar-refractivity contribution in [3.63, 3.8) is 0 Å². The van der Waals surface area contributed by atoms with Gasteiger partial charge in [-0.05, 0) is 60.7 Å². The molecule has 2 aliphatic rings. The largest absolute Gasteiger partial charge is 0.493 e. The predicted octanol–water partition coefficient (Wildman–Crippen LogP) is 5.85. The quantitative estimate of drug-likeness (QED) is 0.421. The van der Waals surface area contributed by atoms with Crippen LogP contribution in [-0.4, -0.2) is 30.9 Å². The summed E-state index contributed by atoms with van der Waals surface area (Å²) in [4.78, 5) is 15.7. The zero-order chi connectivity index (χ0) is 23.3. The summed E-state index contributed by atoms with van der Waals surface area (Å²) in [5, 5.41) is 0. The third-order valence-corrected chi connectivity index (χ3v) is 6.86. The van der Waals surface area contributed by atoms with Gasteiger partial charge in [-0.15, -0.1) is 0 Å². The van der Waals surface area contributed by atoms with Crippen LogP contribution in [0.25, 0.3) is 0 Å². The van der Waals surface area contributed by atoms with E-state index in [0.717, 1.165) is 54.7 Å². The Morgan fingerprint density at radius 3 is 2.26 bits per heavy atom. The second-order valence-electron chi connectivity index (χ2n) is 9.23. The maximum absolute atomic E-state index is 13.2. The van der Waals surface area contributed by atoms with Crippen LogP contribution in [-0.2, 0) is 19.6 Å². The maximum atomic E-state index is 13.2. The fraction of sp³-hybridized carbons (Fsp3) is 0.300. The van der Waals surface area contributed by atoms with E-state index in [4.69, 9.17) is 9.47 Å². The van der Waals surface area contributed by atoms with Gasteiger partial charge < -0.3 is 9.47 Å². The van der Waals surface area contributed by atoms with Crippen LogP contribution >= 0.6 is 0 Å². The van der Waals surface area contributed by atoms with Crippen molar-refractivity contribution in [3.05, 3.63) is 107 Å². The highest BCUT2D eigenvalue weighted by molar-refractivity contribution is 6.13. The number of allylic oxidation sites excluding steroid dienone is 2. The van der Waals surface area contributed by atoms with Crippen LogP contribution in [0.1, 0.15) is 39.9 Å². The minimum absolute atomic E-state index is 0.133. The molecule has 0 aromatic heterocycles. The molecule has 1 aliphatic carbocycles. The molecule has 0 N–H and O–H groups in total. The lowest BCUT2D eigenvalue weighted by Crippen LogP contribution is -2.32. The van der Waals surface area contributed by atoms with Crippen molar-refractivity contribution in [1.29, 1.82) is 0 Å². The number of nitrogens with zero attached hydrogens (tertiary/aromatic N) is 1. The van der Waals surface area contributed by atoms with E-state index in [1.165, 1.54) is 5.56 Å². The van der Waals surface area contributed by atoms with Gasteiger partial charge >= 0.3 is 0 Å². The van der Waals surface area contributed by atoms with Crippen molar-refractivity contribution in [2.75, 3.05) is 20.2 Å². The van der Waals surface area contributed by atoms with Gasteiger partial charge in [-0.2, -0.15) is 0 Å². The van der Waals surface area contributed by atoms with E-state index in [-0.39, 0.29) is 5.78 Å². The molecule has 4 nitrogen and oxygen atoms in total. The minimum Gasteiger partial charge on any atom is -0.493 e. The molecule has 1 heterocycles. The highest BCUT2D eigenvalue weighted by Crippen LogP contribution is 2.38. The van der Waals surface area contributed by atoms with Crippen LogP contribution < -0.4 is 9.47 Å². The molecule has 0 unspecified atom stereocenters. The second kappa shape index (κ2) is 10.3. The number of hydrogen-bond acceptors (Lipinski definition) is 4. The standard InChI is InChI=1S/C30H31NO3/c1-33-28-18-25-17-26(16-22-12-14-31(15-13-22)20-23-8-4-2-5-9-23)30(32)27(25)19-29(28)34-21-24-10-6-3-7-11-24/h2-11,16,18-19,22H,12-15,17,20-21H2,1H3. The molecule has 0 atom stereocenters. The van der Waals surface area contributed by atoms with Crippen LogP contribution in [0.2, 0.25) is 0 Å². The number of carbonyl (C=O) groups is 1. The Bertz CT molecular complexity index is 1160. The van der Waals surface area contributed by atoms with Crippen LogP contribution in [0, 0.1) is 5.92 Å². The number of hydrogen-bond donors (Lipinski definition) is 0. The van der Waals surface area contributed by atoms with Crippen LogP contribution in [0.3, 0.4) is 0 Å². The maximum Gasteiger partial charge on any atom is 0.189 e. The number of likely N-dealkylation sites (tertiary alicyclic amines) is 1. The van der Waals surface area contributed by atoms with Crippen LogP contribution in [0.5, 0.6) is 11.5 Å². The number of methoxy groups -OCH3 is 1. The Morgan fingerprint density at radius 2 is 1.59 bits per heavy atom. The number of fused-ring (bicyclic) bond motifs is 1. The number of carbonyl (C=O) groups excluding carboxylic acids is 1. The van der Waals surface area contributed by atoms with Gasteiger partial charge in [0.2, 0.25) is 0 Å². The fourth-order valence-electron chi connectivity index (χ4n) is 4.96. The average Bonchev–Trinajstić information content (AvgIpc) is 3.18. The summed E-state index contributed by atoms with van der Waals surface area (Å²) in [7, 11) is 1.65. The first-order chi connectivity index (χ1) is 16.7. The normalized spacial score (nSPS) is 17.7. The third kappa shape index (κ3) is 5.07. The summed E-state index contributed by atoms with van der Waals surface area (Å²) in [6.07, 6.45) is 5.09. The van der Waals surface area contributed by atoms with E-state index in [2.05, 4.69) is 41.3 Å². The van der Waals surface area contributed by atoms with Crippen molar-refractivity contribution >= 4 is 5.78 Å². The summed E-state index contributed by atoms with van der Waals surface area (Å²) in [6.45, 7) is 3.57. The smallest absolute Gasteiger partial charge is 0.189 e. The van der Waals surface area contributed by atoms with Crippen molar-refractivity contribution in [3.8, 4) is 11.5 Å². The molecule has 4 heteroatoms. The van der Waals surface area contributed by atoms with Gasteiger partial charge in [0, 0.05) is 24.1 Å². The van der Waals surface area contributed by atoms with Gasteiger partial charge in [0.15, 0.2) is 17.3 Å². The Morgan fingerprint density at radius 1 is 0.912 bits per heavy atom. The second-order valence-corrected chi connectivity index (χ2v) is 9.23. The number of piperidine rings is 1. The highest BCUT2D eigenvalue weighted by atomic mass is 16.5. The monoisotopic (exact) mass is 453 g/mol. The van der Waals surface area contributed by atoms with E-state index in [1.807, 2.05) is 42.5 Å². The lowest BCUT2D eigenvalue weighted by atomic mass is 9.93. The fourth-order valence-corrected chi connectivity index (χ4v) is 4.96. The number of ketones is 1. The summed E-state index contributed by atoms with van der Waals surface area (Å²) in [6, 6.07) is 24.5. The lowest BCUT2D eigenvalue weighted by molar-refractivity contribution is 0.103. The molecular weight excluding hydrogens is 422 g/mol. The number of Topliss-reactive ketones (excluding diaryl/α,β-unsaturated/α-hetero) is 1. The lowest BCUT2D eigenvalue weighted by Gasteiger charge is -2.30. The van der Waals surface area contributed by atoms with Crippen molar-refractivity contribution < 1.29 is 14.3 Å². The highest BCUT2D eigenvalue weighted by Gasteiger charge is 2.29. The van der Waals surface area contributed by atoms with Gasteiger partial charge in [-0.3, -0.25) is 9.69 Å². The number of ether oxygens (including phenoxy) is 2. The molecule has 0 radical (unpaired) electrons. The van der Waals surface area contributed by atoms with Crippen molar-refractivity contribution in [1.82, 2.24) is 4.90 Å². The topological polar surface area (TPSA) is 38.8 Å². The SMILES string of the molecule is COc1cc2c(cc1OCc1ccccc1)C(=O)C(=CC1CCN(Cc3ccccc3)CC1)C2. The average molecular weight is 454 g/mol. The molecule has 3 aromatic rings. The predicted molar refractivity (Wildman–Crippen MR) is 134 cm³/mol. The van der Waals surface area contributed by atoms with E-state index >= 15 is 0 Å². The molecule has 0 bridgehead atoms. The minimum atomic E-state index is 0.133. The molecule has 0 amide bonds. The van der Waals surface area contributed by atoms with Gasteiger partial charge in [-0.25, -0.2) is 0 Å². The van der Waals surface area contributed by atoms with Gasteiger partial charge in [0.1, 0.15) is 6.61 Å². The Hall–Kier alpha value is -3.37. The Labute approximate surface area is 201 Å². The molecule has 1 aliphatic heterocycles. The molecule has 0 saturated carbocycles. The molecule has 34 heavy (non-hydrogen) atoms. The van der Waals surface area contributed by atoms with Crippen molar-refractivity contribution in [2.45, 2.75) is 32.4 Å². The molecule has 0 spiro atoms. The van der Waals surface area contributed by atoms with Gasteiger partial charge in [-0.1, -0.05) is 66.7 Å². The Balaban J connectivity index is 1.24. The van der Waals surface area contributed by atoms with Gasteiger partial charge in [0.05, 0.1) is 7.11 Å². The van der Waals surface area contributed by atoms with Gasteiger partial charge in [0.25, 0.3) is 0 Å². The first-order valence-corrected chi connectivity index (χ1v) is 12.1. The Kier molecular flexibility index (Phi) is 6.77. The van der Waals surface area contributed by atoms with E-state index in [0.29, 0.717) is 30.4 Å². The summed E-state index contributed by atoms with van der Waals surface area (Å²) < 4.78 is 11.6. The van der Waals surface area contributed by atoms with E-state index < -0.39 is 0 Å². The first kappa shape index (κ1) is 22.4. The number of rotatable bonds is 7.